The number of carboxylic acid groups (broad SMARTS) is 1. The zero-order valence-electron chi connectivity index (χ0n) is 9.61. The third-order valence-electron chi connectivity index (χ3n) is 3.91. The van der Waals surface area contributed by atoms with E-state index in [0.29, 0.717) is 13.0 Å². The molecule has 1 amide bonds. The molecule has 0 saturated heterocycles. The quantitative estimate of drug-likeness (QED) is 0.740. The van der Waals surface area contributed by atoms with Gasteiger partial charge in [0.1, 0.15) is 0 Å². The topological polar surface area (TPSA) is 66.4 Å². The van der Waals surface area contributed by atoms with Crippen LogP contribution in [0.25, 0.3) is 0 Å². The van der Waals surface area contributed by atoms with Gasteiger partial charge in [-0.1, -0.05) is 6.92 Å². The standard InChI is InChI=1S/C12H19NO3/c1-7(12(15)16)2-3-13-11(14)10-5-8-4-9(8)6-10/h7-10H,2-6H2,1H3,(H,13,14)(H,15,16). The van der Waals surface area contributed by atoms with Gasteiger partial charge in [0.05, 0.1) is 5.92 Å². The van der Waals surface area contributed by atoms with Gasteiger partial charge in [0.15, 0.2) is 0 Å². The summed E-state index contributed by atoms with van der Waals surface area (Å²) in [5.74, 6) is 0.782. The Morgan fingerprint density at radius 3 is 2.50 bits per heavy atom. The Kier molecular flexibility index (Phi) is 3.17. The van der Waals surface area contributed by atoms with Crippen LogP contribution in [0.2, 0.25) is 0 Å². The van der Waals surface area contributed by atoms with Crippen molar-refractivity contribution in [2.24, 2.45) is 23.7 Å². The average Bonchev–Trinajstić information content (AvgIpc) is 2.85. The molecule has 0 bridgehead atoms. The molecule has 2 saturated carbocycles. The Morgan fingerprint density at radius 1 is 1.31 bits per heavy atom. The number of carbonyl (C=O) groups is 2. The van der Waals surface area contributed by atoms with E-state index in [1.807, 2.05) is 0 Å². The molecule has 0 heterocycles. The number of amides is 1. The van der Waals surface area contributed by atoms with Crippen molar-refractivity contribution in [3.05, 3.63) is 0 Å². The van der Waals surface area contributed by atoms with Crippen LogP contribution in [0.4, 0.5) is 0 Å². The first-order valence-corrected chi connectivity index (χ1v) is 6.08. The van der Waals surface area contributed by atoms with Crippen molar-refractivity contribution in [1.82, 2.24) is 5.32 Å². The van der Waals surface area contributed by atoms with Gasteiger partial charge in [-0.15, -0.1) is 0 Å². The molecule has 2 rings (SSSR count). The molecule has 2 aliphatic carbocycles. The maximum absolute atomic E-state index is 11.7. The number of hydrogen-bond donors (Lipinski definition) is 2. The van der Waals surface area contributed by atoms with Gasteiger partial charge >= 0.3 is 5.97 Å². The molecule has 2 N–H and O–H groups in total. The summed E-state index contributed by atoms with van der Waals surface area (Å²) in [7, 11) is 0. The molecule has 0 spiro atoms. The summed E-state index contributed by atoms with van der Waals surface area (Å²) < 4.78 is 0. The van der Waals surface area contributed by atoms with Gasteiger partial charge in [-0.2, -0.15) is 0 Å². The monoisotopic (exact) mass is 225 g/mol. The molecule has 4 nitrogen and oxygen atoms in total. The fraction of sp³-hybridized carbons (Fsp3) is 0.833. The number of aliphatic carboxylic acids is 1. The summed E-state index contributed by atoms with van der Waals surface area (Å²) in [5.41, 5.74) is 0. The molecule has 0 aromatic carbocycles. The molecule has 2 fully saturated rings. The Hall–Kier alpha value is -1.06. The van der Waals surface area contributed by atoms with Crippen molar-refractivity contribution in [3.63, 3.8) is 0 Å². The van der Waals surface area contributed by atoms with Gasteiger partial charge in [-0.05, 0) is 37.5 Å². The lowest BCUT2D eigenvalue weighted by atomic mass is 10.0. The minimum absolute atomic E-state index is 0.129. The van der Waals surface area contributed by atoms with E-state index in [2.05, 4.69) is 5.32 Å². The normalized spacial score (nSPS) is 32.9. The van der Waals surface area contributed by atoms with E-state index in [9.17, 15) is 9.59 Å². The summed E-state index contributed by atoms with van der Waals surface area (Å²) in [6.07, 6.45) is 3.93. The Morgan fingerprint density at radius 2 is 1.94 bits per heavy atom. The number of carboxylic acids is 1. The zero-order valence-corrected chi connectivity index (χ0v) is 9.61. The van der Waals surface area contributed by atoms with Gasteiger partial charge in [0.2, 0.25) is 5.91 Å². The summed E-state index contributed by atoms with van der Waals surface area (Å²) in [6.45, 7) is 2.15. The van der Waals surface area contributed by atoms with Crippen molar-refractivity contribution in [3.8, 4) is 0 Å². The van der Waals surface area contributed by atoms with E-state index < -0.39 is 5.97 Å². The largest absolute Gasteiger partial charge is 0.481 e. The highest BCUT2D eigenvalue weighted by Crippen LogP contribution is 2.54. The van der Waals surface area contributed by atoms with Gasteiger partial charge in [-0.3, -0.25) is 9.59 Å². The first kappa shape index (κ1) is 11.4. The highest BCUT2D eigenvalue weighted by Gasteiger charge is 2.47. The fourth-order valence-electron chi connectivity index (χ4n) is 2.61. The number of carbonyl (C=O) groups excluding carboxylic acids is 1. The van der Waals surface area contributed by atoms with Crippen LogP contribution in [0, 0.1) is 23.7 Å². The molecule has 0 aromatic rings. The van der Waals surface area contributed by atoms with Crippen LogP contribution in [0.5, 0.6) is 0 Å². The predicted octanol–water partition coefficient (Wildman–Crippen LogP) is 1.26. The van der Waals surface area contributed by atoms with Crippen LogP contribution in [-0.4, -0.2) is 23.5 Å². The minimum atomic E-state index is -0.795. The second-order valence-corrected chi connectivity index (χ2v) is 5.24. The van der Waals surface area contributed by atoms with Gasteiger partial charge in [-0.25, -0.2) is 0 Å². The van der Waals surface area contributed by atoms with Crippen molar-refractivity contribution in [2.75, 3.05) is 6.54 Å². The number of rotatable bonds is 5. The number of fused-ring (bicyclic) bond motifs is 1. The lowest BCUT2D eigenvalue weighted by Gasteiger charge is -2.13. The van der Waals surface area contributed by atoms with Crippen LogP contribution in [0.3, 0.4) is 0 Å². The van der Waals surface area contributed by atoms with Gasteiger partial charge < -0.3 is 10.4 Å². The summed E-state index contributed by atoms with van der Waals surface area (Å²) in [5, 5.41) is 11.5. The molecule has 0 aliphatic heterocycles. The molecule has 4 heteroatoms. The third kappa shape index (κ3) is 2.54. The van der Waals surface area contributed by atoms with E-state index >= 15 is 0 Å². The van der Waals surface area contributed by atoms with E-state index in [4.69, 9.17) is 5.11 Å². The Balaban J connectivity index is 1.62. The van der Waals surface area contributed by atoms with E-state index in [0.717, 1.165) is 24.7 Å². The maximum Gasteiger partial charge on any atom is 0.306 e. The molecule has 16 heavy (non-hydrogen) atoms. The minimum Gasteiger partial charge on any atom is -0.481 e. The maximum atomic E-state index is 11.7. The highest BCUT2D eigenvalue weighted by molar-refractivity contribution is 5.79. The van der Waals surface area contributed by atoms with Crippen molar-refractivity contribution in [2.45, 2.75) is 32.6 Å². The number of hydrogen-bond acceptors (Lipinski definition) is 2. The zero-order chi connectivity index (χ0) is 11.7. The highest BCUT2D eigenvalue weighted by atomic mass is 16.4. The fourth-order valence-corrected chi connectivity index (χ4v) is 2.61. The first-order chi connectivity index (χ1) is 7.58. The van der Waals surface area contributed by atoms with Crippen LogP contribution < -0.4 is 5.32 Å². The molecule has 0 aromatic heterocycles. The Labute approximate surface area is 95.4 Å². The molecule has 2 aliphatic rings. The van der Waals surface area contributed by atoms with Crippen molar-refractivity contribution < 1.29 is 14.7 Å². The van der Waals surface area contributed by atoms with E-state index in [-0.39, 0.29) is 17.7 Å². The Bertz CT molecular complexity index is 293. The lowest BCUT2D eigenvalue weighted by molar-refractivity contribution is -0.141. The molecular weight excluding hydrogens is 206 g/mol. The van der Waals surface area contributed by atoms with E-state index in [1.165, 1.54) is 6.42 Å². The predicted molar refractivity (Wildman–Crippen MR) is 58.7 cm³/mol. The average molecular weight is 225 g/mol. The second-order valence-electron chi connectivity index (χ2n) is 5.24. The molecule has 3 atom stereocenters. The summed E-state index contributed by atoms with van der Waals surface area (Å²) in [4.78, 5) is 22.3. The summed E-state index contributed by atoms with van der Waals surface area (Å²) in [6, 6.07) is 0. The van der Waals surface area contributed by atoms with Gasteiger partial charge in [0, 0.05) is 12.5 Å². The van der Waals surface area contributed by atoms with Crippen molar-refractivity contribution >= 4 is 11.9 Å². The summed E-state index contributed by atoms with van der Waals surface area (Å²) >= 11 is 0. The van der Waals surface area contributed by atoms with Crippen molar-refractivity contribution in [1.29, 1.82) is 0 Å². The van der Waals surface area contributed by atoms with Gasteiger partial charge in [0.25, 0.3) is 0 Å². The second kappa shape index (κ2) is 4.44. The molecule has 90 valence electrons. The smallest absolute Gasteiger partial charge is 0.306 e. The third-order valence-corrected chi connectivity index (χ3v) is 3.91. The lowest BCUT2D eigenvalue weighted by Crippen LogP contribution is -2.32. The number of nitrogens with one attached hydrogen (secondary N) is 1. The van der Waals surface area contributed by atoms with Crippen LogP contribution in [0.15, 0.2) is 0 Å². The molecule has 3 unspecified atom stereocenters. The van der Waals surface area contributed by atoms with Crippen LogP contribution >= 0.6 is 0 Å². The first-order valence-electron chi connectivity index (χ1n) is 6.08. The molecule has 0 radical (unpaired) electrons. The van der Waals surface area contributed by atoms with E-state index in [1.54, 1.807) is 6.92 Å². The SMILES string of the molecule is CC(CCNC(=O)C1CC2CC2C1)C(=O)O. The van der Waals surface area contributed by atoms with Crippen LogP contribution in [0.1, 0.15) is 32.6 Å². The van der Waals surface area contributed by atoms with Crippen LogP contribution in [-0.2, 0) is 9.59 Å². The molecular formula is C12H19NO3.